The average molecular weight is 304 g/mol. The highest BCUT2D eigenvalue weighted by molar-refractivity contribution is 7.21. The van der Waals surface area contributed by atoms with Gasteiger partial charge in [-0.15, -0.1) is 11.3 Å². The Morgan fingerprint density at radius 2 is 2.48 bits per heavy atom. The Morgan fingerprint density at radius 3 is 3.24 bits per heavy atom. The van der Waals surface area contributed by atoms with Crippen molar-refractivity contribution in [3.8, 4) is 0 Å². The maximum atomic E-state index is 12.4. The van der Waals surface area contributed by atoms with E-state index in [9.17, 15) is 4.79 Å². The first-order valence-corrected chi connectivity index (χ1v) is 8.17. The summed E-state index contributed by atoms with van der Waals surface area (Å²) in [5, 5.41) is 3.89. The van der Waals surface area contributed by atoms with Gasteiger partial charge in [-0.1, -0.05) is 6.92 Å². The van der Waals surface area contributed by atoms with E-state index in [1.54, 1.807) is 6.20 Å². The molecule has 0 saturated carbocycles. The van der Waals surface area contributed by atoms with Gasteiger partial charge in [-0.2, -0.15) is 0 Å². The van der Waals surface area contributed by atoms with Crippen molar-refractivity contribution in [3.05, 3.63) is 23.2 Å². The zero-order valence-electron chi connectivity index (χ0n) is 12.1. The van der Waals surface area contributed by atoms with Crippen LogP contribution in [-0.4, -0.2) is 41.5 Å². The number of anilines is 1. The van der Waals surface area contributed by atoms with E-state index in [1.807, 2.05) is 12.1 Å². The van der Waals surface area contributed by atoms with E-state index < -0.39 is 0 Å². The lowest BCUT2D eigenvalue weighted by atomic mass is 10.2. The largest absolute Gasteiger partial charge is 0.397 e. The van der Waals surface area contributed by atoms with Crippen LogP contribution in [0.15, 0.2) is 18.3 Å². The smallest absolute Gasteiger partial charge is 0.263 e. The zero-order chi connectivity index (χ0) is 14.8. The molecule has 0 spiro atoms. The fourth-order valence-corrected chi connectivity index (χ4v) is 3.93. The van der Waals surface area contributed by atoms with Crippen LogP contribution in [0.5, 0.6) is 0 Å². The lowest BCUT2D eigenvalue weighted by molar-refractivity contribution is 0.0946. The van der Waals surface area contributed by atoms with E-state index in [2.05, 4.69) is 22.1 Å². The van der Waals surface area contributed by atoms with Crippen molar-refractivity contribution >= 4 is 33.1 Å². The summed E-state index contributed by atoms with van der Waals surface area (Å²) in [4.78, 5) is 20.4. The first-order valence-electron chi connectivity index (χ1n) is 7.36. The molecule has 0 bridgehead atoms. The molecule has 0 aromatic carbocycles. The van der Waals surface area contributed by atoms with Crippen LogP contribution in [-0.2, 0) is 0 Å². The lowest BCUT2D eigenvalue weighted by Crippen LogP contribution is -2.39. The van der Waals surface area contributed by atoms with Crippen molar-refractivity contribution in [2.24, 2.45) is 0 Å². The number of likely N-dealkylation sites (N-methyl/N-ethyl adjacent to an activating group) is 1. The Balaban J connectivity index is 1.71. The van der Waals surface area contributed by atoms with Gasteiger partial charge in [-0.3, -0.25) is 9.69 Å². The number of nitrogens with two attached hydrogens (primary N) is 1. The van der Waals surface area contributed by atoms with Gasteiger partial charge in [-0.25, -0.2) is 4.98 Å². The molecule has 6 heteroatoms. The molecule has 1 aliphatic rings. The van der Waals surface area contributed by atoms with Crippen molar-refractivity contribution in [2.45, 2.75) is 25.8 Å². The summed E-state index contributed by atoms with van der Waals surface area (Å²) in [6.07, 6.45) is 4.08. The van der Waals surface area contributed by atoms with Crippen LogP contribution in [0.25, 0.3) is 10.2 Å². The zero-order valence-corrected chi connectivity index (χ0v) is 12.9. The van der Waals surface area contributed by atoms with Crippen LogP contribution in [0, 0.1) is 0 Å². The average Bonchev–Trinajstić information content (AvgIpc) is 3.09. The molecular formula is C15H20N4OS. The number of nitrogen functional groups attached to an aromatic ring is 1. The maximum absolute atomic E-state index is 12.4. The van der Waals surface area contributed by atoms with Gasteiger partial charge in [0.25, 0.3) is 5.91 Å². The summed E-state index contributed by atoms with van der Waals surface area (Å²) in [6.45, 7) is 5.02. The van der Waals surface area contributed by atoms with Crippen molar-refractivity contribution in [1.29, 1.82) is 0 Å². The van der Waals surface area contributed by atoms with Gasteiger partial charge in [0.05, 0.1) is 5.69 Å². The molecule has 1 atom stereocenters. The minimum absolute atomic E-state index is 0.0848. The number of nitrogens with zero attached hydrogens (tertiary/aromatic N) is 2. The molecule has 3 heterocycles. The number of rotatable bonds is 4. The molecule has 3 N–H and O–H groups in total. The number of aromatic nitrogens is 1. The third-order valence-electron chi connectivity index (χ3n) is 4.11. The Kier molecular flexibility index (Phi) is 4.07. The van der Waals surface area contributed by atoms with Crippen LogP contribution >= 0.6 is 11.3 Å². The molecule has 112 valence electrons. The number of pyridine rings is 1. The molecule has 1 unspecified atom stereocenters. The summed E-state index contributed by atoms with van der Waals surface area (Å²) in [7, 11) is 0. The Morgan fingerprint density at radius 1 is 1.62 bits per heavy atom. The minimum Gasteiger partial charge on any atom is -0.397 e. The second kappa shape index (κ2) is 5.99. The topological polar surface area (TPSA) is 71.2 Å². The highest BCUT2D eigenvalue weighted by Crippen LogP contribution is 2.31. The van der Waals surface area contributed by atoms with Crippen LogP contribution in [0.4, 0.5) is 5.69 Å². The Labute approximate surface area is 128 Å². The van der Waals surface area contributed by atoms with Gasteiger partial charge < -0.3 is 11.1 Å². The SMILES string of the molecule is CCN1CCCC1CNC(=O)c1sc2ncccc2c1N. The van der Waals surface area contributed by atoms with Crippen molar-refractivity contribution in [1.82, 2.24) is 15.2 Å². The highest BCUT2D eigenvalue weighted by Gasteiger charge is 2.24. The first kappa shape index (κ1) is 14.3. The second-order valence-corrected chi connectivity index (χ2v) is 6.33. The van der Waals surface area contributed by atoms with E-state index in [-0.39, 0.29) is 5.91 Å². The molecule has 1 saturated heterocycles. The minimum atomic E-state index is -0.0848. The van der Waals surface area contributed by atoms with E-state index in [4.69, 9.17) is 5.73 Å². The fourth-order valence-electron chi connectivity index (χ4n) is 2.95. The molecule has 1 aliphatic heterocycles. The number of nitrogens with one attached hydrogen (secondary N) is 1. The van der Waals surface area contributed by atoms with Crippen molar-refractivity contribution in [2.75, 3.05) is 25.4 Å². The number of thiophene rings is 1. The van der Waals surface area contributed by atoms with Gasteiger partial charge in [0, 0.05) is 24.2 Å². The molecule has 21 heavy (non-hydrogen) atoms. The molecule has 5 nitrogen and oxygen atoms in total. The van der Waals surface area contributed by atoms with Gasteiger partial charge in [0.2, 0.25) is 0 Å². The third-order valence-corrected chi connectivity index (χ3v) is 5.24. The molecule has 1 fully saturated rings. The number of likely N-dealkylation sites (tertiary alicyclic amines) is 1. The number of carbonyl (C=O) groups is 1. The predicted molar refractivity (Wildman–Crippen MR) is 86.6 cm³/mol. The second-order valence-electron chi connectivity index (χ2n) is 5.34. The normalized spacial score (nSPS) is 19.2. The molecular weight excluding hydrogens is 284 g/mol. The third kappa shape index (κ3) is 2.73. The van der Waals surface area contributed by atoms with Crippen LogP contribution in [0.3, 0.4) is 0 Å². The number of hydrogen-bond acceptors (Lipinski definition) is 5. The maximum Gasteiger partial charge on any atom is 0.263 e. The van der Waals surface area contributed by atoms with Crippen molar-refractivity contribution in [3.63, 3.8) is 0 Å². The molecule has 2 aromatic rings. The van der Waals surface area contributed by atoms with E-state index in [0.29, 0.717) is 23.2 Å². The Bertz CT molecular complexity index is 654. The number of fused-ring (bicyclic) bond motifs is 1. The van der Waals surface area contributed by atoms with Gasteiger partial charge in [0.1, 0.15) is 9.71 Å². The molecule has 1 amide bonds. The molecule has 0 aliphatic carbocycles. The van der Waals surface area contributed by atoms with E-state index >= 15 is 0 Å². The first-order chi connectivity index (χ1) is 10.2. The summed E-state index contributed by atoms with van der Waals surface area (Å²) in [5.41, 5.74) is 6.62. The molecule has 2 aromatic heterocycles. The van der Waals surface area contributed by atoms with Gasteiger partial charge >= 0.3 is 0 Å². The summed E-state index contributed by atoms with van der Waals surface area (Å²) in [5.74, 6) is -0.0848. The van der Waals surface area contributed by atoms with Crippen LogP contribution < -0.4 is 11.1 Å². The van der Waals surface area contributed by atoms with Crippen LogP contribution in [0.2, 0.25) is 0 Å². The number of amides is 1. The molecule has 3 rings (SSSR count). The van der Waals surface area contributed by atoms with E-state index in [0.717, 1.165) is 29.7 Å². The number of hydrogen-bond donors (Lipinski definition) is 2. The molecule has 0 radical (unpaired) electrons. The summed E-state index contributed by atoms with van der Waals surface area (Å²) in [6, 6.07) is 4.19. The predicted octanol–water partition coefficient (Wildman–Crippen LogP) is 2.09. The lowest BCUT2D eigenvalue weighted by Gasteiger charge is -2.22. The fraction of sp³-hybridized carbons (Fsp3) is 0.467. The van der Waals surface area contributed by atoms with Gasteiger partial charge in [0.15, 0.2) is 0 Å². The quantitative estimate of drug-likeness (QED) is 0.907. The highest BCUT2D eigenvalue weighted by atomic mass is 32.1. The number of carbonyl (C=O) groups excluding carboxylic acids is 1. The van der Waals surface area contributed by atoms with E-state index in [1.165, 1.54) is 17.8 Å². The summed E-state index contributed by atoms with van der Waals surface area (Å²) < 4.78 is 0. The van der Waals surface area contributed by atoms with Gasteiger partial charge in [-0.05, 0) is 38.1 Å². The van der Waals surface area contributed by atoms with Crippen molar-refractivity contribution < 1.29 is 4.79 Å². The summed E-state index contributed by atoms with van der Waals surface area (Å²) >= 11 is 1.36. The Hall–Kier alpha value is -1.66. The standard InChI is InChI=1S/C15H20N4OS/c1-2-19-8-4-5-10(19)9-18-14(20)13-12(16)11-6-3-7-17-15(11)21-13/h3,6-7,10H,2,4-5,8-9,16H2,1H3,(H,18,20). The van der Waals surface area contributed by atoms with Crippen LogP contribution in [0.1, 0.15) is 29.4 Å². The monoisotopic (exact) mass is 304 g/mol.